The van der Waals surface area contributed by atoms with Crippen LogP contribution in [0.3, 0.4) is 0 Å². The number of hydrogen-bond acceptors (Lipinski definition) is 4. The summed E-state index contributed by atoms with van der Waals surface area (Å²) in [7, 11) is 0. The molecule has 9 heteroatoms. The van der Waals surface area contributed by atoms with E-state index in [1.165, 1.54) is 0 Å². The van der Waals surface area contributed by atoms with Crippen LogP contribution in [0.15, 0.2) is 54.6 Å². The van der Waals surface area contributed by atoms with E-state index >= 15 is 0 Å². The monoisotopic (exact) mass is 652 g/mol. The van der Waals surface area contributed by atoms with Crippen LogP contribution < -0.4 is 0 Å². The third-order valence-corrected chi connectivity index (χ3v) is 4.44. The smallest absolute Gasteiger partial charge is 0.126 e. The van der Waals surface area contributed by atoms with Crippen molar-refractivity contribution in [3.05, 3.63) is 83.9 Å². The summed E-state index contributed by atoms with van der Waals surface area (Å²) in [5.74, 6) is -3.32. The van der Waals surface area contributed by atoms with Gasteiger partial charge in [-0.25, -0.2) is 17.6 Å². The van der Waals surface area contributed by atoms with E-state index in [2.05, 4.69) is 16.0 Å². The van der Waals surface area contributed by atoms with Gasteiger partial charge in [-0.1, -0.05) is 18.2 Å². The molecule has 34 heavy (non-hydrogen) atoms. The minimum Gasteiger partial charge on any atom is -0.393 e. The Morgan fingerprint density at radius 3 is 1.74 bits per heavy atom. The molecule has 2 atom stereocenters. The van der Waals surface area contributed by atoms with E-state index in [9.17, 15) is 17.6 Å². The third kappa shape index (κ3) is 7.42. The maximum absolute atomic E-state index is 13.7. The fraction of sp³-hybridized carbons (Fsp3) is 0.200. The number of benzene rings is 3. The molecule has 1 heterocycles. The second kappa shape index (κ2) is 12.2. The topological polar surface area (TPSA) is 66.2 Å². The molecule has 0 fully saturated rings. The van der Waals surface area contributed by atoms with Gasteiger partial charge in [-0.3, -0.25) is 9.97 Å². The Morgan fingerprint density at radius 2 is 1.26 bits per heavy atom. The Morgan fingerprint density at radius 1 is 0.765 bits per heavy atom. The number of fused-ring (bicyclic) bond motifs is 1. The van der Waals surface area contributed by atoms with Gasteiger partial charge >= 0.3 is 0 Å². The molecule has 0 saturated carbocycles. The summed E-state index contributed by atoms with van der Waals surface area (Å²) < 4.78 is 54.6. The predicted molar refractivity (Wildman–Crippen MR) is 117 cm³/mol. The number of halogens is 4. The van der Waals surface area contributed by atoms with Crippen LogP contribution in [0.1, 0.15) is 20.3 Å². The first-order chi connectivity index (χ1) is 15.6. The van der Waals surface area contributed by atoms with Gasteiger partial charge in [0.05, 0.1) is 28.9 Å². The van der Waals surface area contributed by atoms with Gasteiger partial charge in [-0.05, 0) is 50.1 Å². The molecule has 2 unspecified atom stereocenters. The van der Waals surface area contributed by atoms with Gasteiger partial charge in [0.2, 0.25) is 0 Å². The standard InChI is InChI=1S/C20H9F4N2.C5H12O2.Pt/c21-13-5-11(6-14(22)9-13)19-20(12-7-15(23)10-16(24)8-12)26-18-4-2-1-3-17(18)25-19;1-4(6)3-5(2)7;/h1-7,9-10H;4-7H,3H2,1-2H3;/q-1;;. The van der Waals surface area contributed by atoms with Crippen molar-refractivity contribution in [2.45, 2.75) is 32.5 Å². The molecule has 4 rings (SSSR count). The van der Waals surface area contributed by atoms with Crippen molar-refractivity contribution in [2.75, 3.05) is 0 Å². The third-order valence-electron chi connectivity index (χ3n) is 4.44. The Bertz CT molecular complexity index is 1130. The van der Waals surface area contributed by atoms with Crippen molar-refractivity contribution in [3.8, 4) is 22.5 Å². The molecule has 0 bridgehead atoms. The Hall–Kier alpha value is -2.67. The first-order valence-electron chi connectivity index (χ1n) is 10.1. The van der Waals surface area contributed by atoms with Crippen LogP contribution in [-0.4, -0.2) is 32.4 Å². The molecule has 0 aliphatic heterocycles. The number of nitrogens with zero attached hydrogens (tertiary/aromatic N) is 2. The van der Waals surface area contributed by atoms with Crippen LogP contribution >= 0.6 is 0 Å². The molecule has 0 spiro atoms. The molecule has 4 nitrogen and oxygen atoms in total. The molecule has 0 saturated heterocycles. The number of aromatic nitrogens is 2. The first-order valence-corrected chi connectivity index (χ1v) is 10.1. The van der Waals surface area contributed by atoms with Crippen molar-refractivity contribution in [1.29, 1.82) is 0 Å². The van der Waals surface area contributed by atoms with Gasteiger partial charge in [-0.2, -0.15) is 0 Å². The normalized spacial score (nSPS) is 12.4. The predicted octanol–water partition coefficient (Wildman–Crippen LogP) is 5.46. The molecule has 0 aliphatic rings. The quantitative estimate of drug-likeness (QED) is 0.227. The number of aliphatic hydroxyl groups excluding tert-OH is 2. The number of para-hydroxylation sites is 2. The van der Waals surface area contributed by atoms with Crippen LogP contribution in [-0.2, 0) is 21.1 Å². The maximum Gasteiger partial charge on any atom is 0.126 e. The zero-order chi connectivity index (χ0) is 24.1. The van der Waals surface area contributed by atoms with Gasteiger partial charge in [0.1, 0.15) is 11.6 Å². The van der Waals surface area contributed by atoms with Crippen molar-refractivity contribution in [1.82, 2.24) is 9.97 Å². The van der Waals surface area contributed by atoms with Crippen molar-refractivity contribution in [2.24, 2.45) is 0 Å². The van der Waals surface area contributed by atoms with E-state index in [4.69, 9.17) is 10.2 Å². The van der Waals surface area contributed by atoms with E-state index in [-0.39, 0.29) is 55.8 Å². The fourth-order valence-electron chi connectivity index (χ4n) is 3.20. The SMILES string of the molecule is CC(O)CC(C)O.Fc1[c-]c(-c2nc3ccccc3nc2-c2cc(F)cc(F)c2)cc(F)c1.[Pt]. The average molecular weight is 653 g/mol. The largest absolute Gasteiger partial charge is 0.393 e. The fourth-order valence-corrected chi connectivity index (χ4v) is 3.20. The van der Waals surface area contributed by atoms with E-state index in [0.29, 0.717) is 23.5 Å². The zero-order valence-corrected chi connectivity index (χ0v) is 20.4. The summed E-state index contributed by atoms with van der Waals surface area (Å²) in [6.07, 6.45) is -0.278. The van der Waals surface area contributed by atoms with Crippen molar-refractivity contribution >= 4 is 11.0 Å². The molecule has 0 aliphatic carbocycles. The van der Waals surface area contributed by atoms with Gasteiger partial charge in [0.25, 0.3) is 0 Å². The molecule has 1 aromatic heterocycles. The maximum atomic E-state index is 13.7. The Labute approximate surface area is 208 Å². The number of hydrogen-bond donors (Lipinski definition) is 2. The summed E-state index contributed by atoms with van der Waals surface area (Å²) in [4.78, 5) is 8.79. The minimum atomic E-state index is -0.911. The molecule has 4 aromatic rings. The van der Waals surface area contributed by atoms with Crippen LogP contribution in [0, 0.1) is 29.3 Å². The van der Waals surface area contributed by atoms with Gasteiger partial charge in [0.15, 0.2) is 0 Å². The van der Waals surface area contributed by atoms with Crippen molar-refractivity contribution < 1.29 is 48.8 Å². The van der Waals surface area contributed by atoms with Crippen LogP contribution in [0.25, 0.3) is 33.5 Å². The molecule has 0 radical (unpaired) electrons. The average Bonchev–Trinajstić information content (AvgIpc) is 2.71. The van der Waals surface area contributed by atoms with Gasteiger partial charge < -0.3 is 10.2 Å². The molecule has 0 amide bonds. The number of aliphatic hydroxyl groups is 2. The summed E-state index contributed by atoms with van der Waals surface area (Å²) in [6.45, 7) is 3.32. The second-order valence-electron chi connectivity index (χ2n) is 7.56. The molecular formula is C25H21F4N2O2Pt-. The summed E-state index contributed by atoms with van der Waals surface area (Å²) in [5.41, 5.74) is 1.23. The van der Waals surface area contributed by atoms with Crippen LogP contribution in [0.2, 0.25) is 0 Å². The molecule has 182 valence electrons. The summed E-state index contributed by atoms with van der Waals surface area (Å²) >= 11 is 0. The van der Waals surface area contributed by atoms with Gasteiger partial charge in [0, 0.05) is 44.5 Å². The first kappa shape index (κ1) is 27.6. The number of rotatable bonds is 4. The second-order valence-corrected chi connectivity index (χ2v) is 7.56. The Kier molecular flexibility index (Phi) is 9.86. The molecule has 2 N–H and O–H groups in total. The molecular weight excluding hydrogens is 631 g/mol. The minimum absolute atomic E-state index is 0. The van der Waals surface area contributed by atoms with Gasteiger partial charge in [-0.15, -0.1) is 17.7 Å². The van der Waals surface area contributed by atoms with E-state index in [0.717, 1.165) is 24.3 Å². The summed E-state index contributed by atoms with van der Waals surface area (Å²) in [5, 5.41) is 17.1. The van der Waals surface area contributed by atoms with E-state index in [1.54, 1.807) is 38.1 Å². The van der Waals surface area contributed by atoms with Crippen LogP contribution in [0.4, 0.5) is 17.6 Å². The summed E-state index contributed by atoms with van der Waals surface area (Å²) in [6, 6.07) is 13.8. The zero-order valence-electron chi connectivity index (χ0n) is 18.2. The van der Waals surface area contributed by atoms with Crippen LogP contribution in [0.5, 0.6) is 0 Å². The van der Waals surface area contributed by atoms with E-state index in [1.807, 2.05) is 0 Å². The van der Waals surface area contributed by atoms with E-state index < -0.39 is 23.3 Å². The Balaban J connectivity index is 0.000000449. The molecule has 3 aromatic carbocycles. The van der Waals surface area contributed by atoms with Crippen molar-refractivity contribution in [3.63, 3.8) is 0 Å².